The molecule has 0 bridgehead atoms. The Labute approximate surface area is 114 Å². The summed E-state index contributed by atoms with van der Waals surface area (Å²) in [6, 6.07) is 0.745. The van der Waals surface area contributed by atoms with Gasteiger partial charge in [0.25, 0.3) is 0 Å². The molecule has 1 heterocycles. The van der Waals surface area contributed by atoms with Crippen molar-refractivity contribution in [3.05, 3.63) is 0 Å². The van der Waals surface area contributed by atoms with Gasteiger partial charge in [-0.05, 0) is 45.7 Å². The van der Waals surface area contributed by atoms with Crippen LogP contribution in [0.15, 0.2) is 0 Å². The number of hydrogen-bond donors (Lipinski definition) is 1. The number of nitrogens with zero attached hydrogens (tertiary/aromatic N) is 1. The minimum absolute atomic E-state index is 0.232. The van der Waals surface area contributed by atoms with Crippen LogP contribution in [0.4, 0.5) is 13.2 Å². The van der Waals surface area contributed by atoms with E-state index in [0.717, 1.165) is 19.6 Å². The quantitative estimate of drug-likeness (QED) is 0.767. The van der Waals surface area contributed by atoms with Crippen LogP contribution in [-0.4, -0.2) is 42.8 Å². The molecule has 1 saturated heterocycles. The number of piperidine rings is 1. The van der Waals surface area contributed by atoms with E-state index in [0.29, 0.717) is 12.5 Å². The van der Waals surface area contributed by atoms with Crippen LogP contribution in [-0.2, 0) is 0 Å². The van der Waals surface area contributed by atoms with E-state index in [2.05, 4.69) is 17.1 Å². The Morgan fingerprint density at radius 3 is 2.58 bits per heavy atom. The second-order valence-corrected chi connectivity index (χ2v) is 5.59. The summed E-state index contributed by atoms with van der Waals surface area (Å²) in [6.45, 7) is 7.07. The molecule has 114 valence electrons. The second kappa shape index (κ2) is 8.10. The number of hydrogen-bond acceptors (Lipinski definition) is 2. The molecule has 2 atom stereocenters. The van der Waals surface area contributed by atoms with E-state index in [1.165, 1.54) is 19.3 Å². The Kier molecular flexibility index (Phi) is 7.15. The number of nitrogens with one attached hydrogen (secondary N) is 1. The Morgan fingerprint density at radius 2 is 2.05 bits per heavy atom. The van der Waals surface area contributed by atoms with Gasteiger partial charge in [0.1, 0.15) is 0 Å². The second-order valence-electron chi connectivity index (χ2n) is 5.59. The SMILES string of the molecule is CCN(CC1CCCCN1)C(C)CCCC(F)(F)F. The zero-order valence-corrected chi connectivity index (χ0v) is 12.1. The lowest BCUT2D eigenvalue weighted by atomic mass is 10.0. The molecule has 19 heavy (non-hydrogen) atoms. The van der Waals surface area contributed by atoms with Crippen molar-refractivity contribution in [2.45, 2.75) is 70.6 Å². The topological polar surface area (TPSA) is 15.3 Å². The van der Waals surface area contributed by atoms with Crippen molar-refractivity contribution < 1.29 is 13.2 Å². The predicted octanol–water partition coefficient (Wildman–Crippen LogP) is 3.57. The average Bonchev–Trinajstić information content (AvgIpc) is 2.35. The minimum atomic E-state index is -4.01. The van der Waals surface area contributed by atoms with E-state index in [1.54, 1.807) is 0 Å². The third-order valence-corrected chi connectivity index (χ3v) is 3.98. The van der Waals surface area contributed by atoms with Crippen molar-refractivity contribution >= 4 is 0 Å². The smallest absolute Gasteiger partial charge is 0.313 e. The van der Waals surface area contributed by atoms with Crippen LogP contribution in [0.5, 0.6) is 0 Å². The molecule has 0 saturated carbocycles. The molecular weight excluding hydrogens is 253 g/mol. The van der Waals surface area contributed by atoms with E-state index < -0.39 is 12.6 Å². The first-order valence-corrected chi connectivity index (χ1v) is 7.46. The van der Waals surface area contributed by atoms with Crippen molar-refractivity contribution in [3.63, 3.8) is 0 Å². The first kappa shape index (κ1) is 16.8. The monoisotopic (exact) mass is 280 g/mol. The maximum absolute atomic E-state index is 12.1. The molecule has 0 aromatic rings. The van der Waals surface area contributed by atoms with Gasteiger partial charge in [0, 0.05) is 25.0 Å². The highest BCUT2D eigenvalue weighted by molar-refractivity contribution is 4.78. The van der Waals surface area contributed by atoms with Gasteiger partial charge in [-0.15, -0.1) is 0 Å². The van der Waals surface area contributed by atoms with Gasteiger partial charge in [0.05, 0.1) is 0 Å². The number of likely N-dealkylation sites (N-methyl/N-ethyl adjacent to an activating group) is 1. The Hall–Kier alpha value is -0.290. The van der Waals surface area contributed by atoms with E-state index in [1.807, 2.05) is 6.92 Å². The third kappa shape index (κ3) is 7.16. The summed E-state index contributed by atoms with van der Waals surface area (Å²) in [6.07, 6.45) is -0.120. The van der Waals surface area contributed by atoms with Gasteiger partial charge in [-0.1, -0.05) is 13.3 Å². The molecule has 0 aromatic carbocycles. The average molecular weight is 280 g/mol. The van der Waals surface area contributed by atoms with Gasteiger partial charge in [-0.25, -0.2) is 0 Å². The summed E-state index contributed by atoms with van der Waals surface area (Å²) in [5.74, 6) is 0. The fraction of sp³-hybridized carbons (Fsp3) is 1.00. The third-order valence-electron chi connectivity index (χ3n) is 3.98. The van der Waals surface area contributed by atoms with E-state index in [9.17, 15) is 13.2 Å². The zero-order valence-electron chi connectivity index (χ0n) is 12.1. The molecule has 1 N–H and O–H groups in total. The summed E-state index contributed by atoms with van der Waals surface area (Å²) < 4.78 is 36.4. The standard InChI is InChI=1S/C14H27F3N2/c1-3-19(11-13-8-4-5-10-18-13)12(2)7-6-9-14(15,16)17/h12-13,18H,3-11H2,1-2H3. The first-order chi connectivity index (χ1) is 8.92. The van der Waals surface area contributed by atoms with Crippen molar-refractivity contribution in [2.24, 2.45) is 0 Å². The number of alkyl halides is 3. The minimum Gasteiger partial charge on any atom is -0.313 e. The van der Waals surface area contributed by atoms with Crippen molar-refractivity contribution in [3.8, 4) is 0 Å². The van der Waals surface area contributed by atoms with Crippen molar-refractivity contribution in [2.75, 3.05) is 19.6 Å². The van der Waals surface area contributed by atoms with Crippen molar-refractivity contribution in [1.29, 1.82) is 0 Å². The summed E-state index contributed by atoms with van der Waals surface area (Å²) in [5.41, 5.74) is 0. The molecule has 0 aliphatic carbocycles. The fourth-order valence-electron chi connectivity index (χ4n) is 2.76. The molecule has 5 heteroatoms. The van der Waals surface area contributed by atoms with Crippen LogP contribution < -0.4 is 5.32 Å². The van der Waals surface area contributed by atoms with Crippen LogP contribution >= 0.6 is 0 Å². The highest BCUT2D eigenvalue weighted by Gasteiger charge is 2.27. The fourth-order valence-corrected chi connectivity index (χ4v) is 2.76. The van der Waals surface area contributed by atoms with E-state index in [4.69, 9.17) is 0 Å². The molecule has 2 nitrogen and oxygen atoms in total. The van der Waals surface area contributed by atoms with Crippen molar-refractivity contribution in [1.82, 2.24) is 10.2 Å². The van der Waals surface area contributed by atoms with E-state index >= 15 is 0 Å². The summed E-state index contributed by atoms with van der Waals surface area (Å²) >= 11 is 0. The highest BCUT2D eigenvalue weighted by atomic mass is 19.4. The molecule has 0 radical (unpaired) electrons. The molecule has 2 unspecified atom stereocenters. The van der Waals surface area contributed by atoms with Crippen LogP contribution in [0.25, 0.3) is 0 Å². The largest absolute Gasteiger partial charge is 0.389 e. The molecule has 1 fully saturated rings. The lowest BCUT2D eigenvalue weighted by molar-refractivity contribution is -0.136. The molecule has 0 amide bonds. The van der Waals surface area contributed by atoms with Gasteiger partial charge in [0.15, 0.2) is 0 Å². The molecule has 0 aromatic heterocycles. The maximum Gasteiger partial charge on any atom is 0.389 e. The highest BCUT2D eigenvalue weighted by Crippen LogP contribution is 2.23. The molecule has 1 aliphatic rings. The molecule has 1 rings (SSSR count). The Bertz CT molecular complexity index is 237. The number of rotatable bonds is 7. The normalized spacial score (nSPS) is 22.7. The number of halogens is 3. The van der Waals surface area contributed by atoms with Crippen LogP contribution in [0.1, 0.15) is 52.4 Å². The molecular formula is C14H27F3N2. The zero-order chi connectivity index (χ0) is 14.3. The first-order valence-electron chi connectivity index (χ1n) is 7.46. The van der Waals surface area contributed by atoms with Gasteiger partial charge in [-0.2, -0.15) is 13.2 Å². The predicted molar refractivity (Wildman–Crippen MR) is 72.3 cm³/mol. The summed E-state index contributed by atoms with van der Waals surface area (Å²) in [5, 5.41) is 3.50. The maximum atomic E-state index is 12.1. The van der Waals surface area contributed by atoms with Gasteiger partial charge < -0.3 is 5.32 Å². The van der Waals surface area contributed by atoms with Gasteiger partial charge in [0.2, 0.25) is 0 Å². The van der Waals surface area contributed by atoms with E-state index in [-0.39, 0.29) is 12.5 Å². The van der Waals surface area contributed by atoms with Gasteiger partial charge in [-0.3, -0.25) is 4.90 Å². The van der Waals surface area contributed by atoms with Crippen LogP contribution in [0, 0.1) is 0 Å². The summed E-state index contributed by atoms with van der Waals surface area (Å²) in [4.78, 5) is 2.30. The lowest BCUT2D eigenvalue weighted by Gasteiger charge is -2.34. The lowest BCUT2D eigenvalue weighted by Crippen LogP contribution is -2.46. The summed E-state index contributed by atoms with van der Waals surface area (Å²) in [7, 11) is 0. The molecule has 1 aliphatic heterocycles. The van der Waals surface area contributed by atoms with Crippen LogP contribution in [0.2, 0.25) is 0 Å². The van der Waals surface area contributed by atoms with Gasteiger partial charge >= 0.3 is 6.18 Å². The Morgan fingerprint density at radius 1 is 1.32 bits per heavy atom. The Balaban J connectivity index is 2.27. The molecule has 0 spiro atoms. The van der Waals surface area contributed by atoms with Crippen LogP contribution in [0.3, 0.4) is 0 Å².